The van der Waals surface area contributed by atoms with Gasteiger partial charge >= 0.3 is 0 Å². The molecule has 0 amide bonds. The average Bonchev–Trinajstić information content (AvgIpc) is 3.11. The second-order valence-corrected chi connectivity index (χ2v) is 9.24. The fourth-order valence-corrected chi connectivity index (χ4v) is 4.55. The Hall–Kier alpha value is -1.54. The summed E-state index contributed by atoms with van der Waals surface area (Å²) in [5.74, 6) is 0. The largest absolute Gasteiger partial charge is 0.360 e. The van der Waals surface area contributed by atoms with E-state index in [0.29, 0.717) is 21.9 Å². The van der Waals surface area contributed by atoms with Crippen molar-refractivity contribution in [3.63, 3.8) is 0 Å². The minimum absolute atomic E-state index is 0.133. The van der Waals surface area contributed by atoms with Crippen molar-refractivity contribution >= 4 is 61.9 Å². The van der Waals surface area contributed by atoms with Gasteiger partial charge < -0.3 is 10.6 Å². The van der Waals surface area contributed by atoms with Crippen LogP contribution in [-0.4, -0.2) is 19.6 Å². The Morgan fingerprint density at radius 2 is 1.59 bits per heavy atom. The van der Waals surface area contributed by atoms with Gasteiger partial charge in [-0.15, -0.1) is 0 Å². The fourth-order valence-electron chi connectivity index (χ4n) is 2.91. The molecule has 1 saturated carbocycles. The summed E-state index contributed by atoms with van der Waals surface area (Å²) in [6, 6.07) is 11.3. The number of anilines is 2. The second kappa shape index (κ2) is 8.65. The Kier molecular flexibility index (Phi) is 6.47. The molecular formula is C18H19Cl2N3O2S2. The molecule has 0 bridgehead atoms. The molecule has 1 aliphatic carbocycles. The molecular weight excluding hydrogens is 425 g/mol. The Labute approximate surface area is 174 Å². The number of sulfonamides is 1. The summed E-state index contributed by atoms with van der Waals surface area (Å²) in [6.07, 6.45) is 4.69. The first-order valence-electron chi connectivity index (χ1n) is 8.49. The van der Waals surface area contributed by atoms with E-state index in [9.17, 15) is 8.42 Å². The molecule has 5 nitrogen and oxygen atoms in total. The minimum atomic E-state index is -3.73. The molecule has 144 valence electrons. The summed E-state index contributed by atoms with van der Waals surface area (Å²) in [5, 5.41) is 7.55. The van der Waals surface area contributed by atoms with Crippen molar-refractivity contribution in [3.8, 4) is 0 Å². The topological polar surface area (TPSA) is 70.2 Å². The highest BCUT2D eigenvalue weighted by atomic mass is 35.5. The third kappa shape index (κ3) is 5.48. The highest BCUT2D eigenvalue weighted by Gasteiger charge is 2.17. The smallest absolute Gasteiger partial charge is 0.261 e. The van der Waals surface area contributed by atoms with Crippen LogP contribution in [0.2, 0.25) is 10.0 Å². The standard InChI is InChI=1S/C18H19Cl2N3O2S2/c19-16-10-7-14(11-17(16)20)23-27(24,25)15-8-5-13(6-9-15)22-18(26)21-12-3-1-2-4-12/h5-12,23H,1-4H2,(H2,21,22,26). The van der Waals surface area contributed by atoms with Gasteiger partial charge in [-0.05, 0) is 67.5 Å². The minimum Gasteiger partial charge on any atom is -0.360 e. The molecule has 2 aromatic rings. The summed E-state index contributed by atoms with van der Waals surface area (Å²) < 4.78 is 27.5. The average molecular weight is 444 g/mol. The van der Waals surface area contributed by atoms with Crippen LogP contribution in [-0.2, 0) is 10.0 Å². The predicted molar refractivity (Wildman–Crippen MR) is 115 cm³/mol. The zero-order valence-electron chi connectivity index (χ0n) is 14.3. The summed E-state index contributed by atoms with van der Waals surface area (Å²) in [5.41, 5.74) is 1.06. The maximum Gasteiger partial charge on any atom is 0.261 e. The van der Waals surface area contributed by atoms with Gasteiger partial charge in [-0.3, -0.25) is 4.72 Å². The van der Waals surface area contributed by atoms with Crippen molar-refractivity contribution in [2.45, 2.75) is 36.6 Å². The van der Waals surface area contributed by atoms with Crippen molar-refractivity contribution in [1.29, 1.82) is 0 Å². The third-order valence-corrected chi connectivity index (χ3v) is 6.64. The Morgan fingerprint density at radius 1 is 0.963 bits per heavy atom. The number of rotatable bonds is 5. The van der Waals surface area contributed by atoms with E-state index in [0.717, 1.165) is 18.5 Å². The molecule has 0 unspecified atom stereocenters. The van der Waals surface area contributed by atoms with Crippen molar-refractivity contribution in [1.82, 2.24) is 5.32 Å². The Balaban J connectivity index is 1.64. The number of halogens is 2. The molecule has 3 rings (SSSR count). The Morgan fingerprint density at radius 3 is 2.22 bits per heavy atom. The molecule has 1 aliphatic rings. The first-order valence-corrected chi connectivity index (χ1v) is 11.1. The van der Waals surface area contributed by atoms with Gasteiger partial charge in [-0.2, -0.15) is 0 Å². The van der Waals surface area contributed by atoms with Gasteiger partial charge in [-0.1, -0.05) is 36.0 Å². The molecule has 3 N–H and O–H groups in total. The van der Waals surface area contributed by atoms with E-state index in [1.165, 1.54) is 37.1 Å². The van der Waals surface area contributed by atoms with Crippen LogP contribution in [0.25, 0.3) is 0 Å². The first kappa shape index (κ1) is 20.2. The van der Waals surface area contributed by atoms with Crippen LogP contribution in [0.15, 0.2) is 47.4 Å². The molecule has 0 saturated heterocycles. The zero-order valence-corrected chi connectivity index (χ0v) is 17.5. The van der Waals surface area contributed by atoms with Gasteiger partial charge in [0.05, 0.1) is 20.6 Å². The lowest BCUT2D eigenvalue weighted by molar-refractivity contribution is 0.601. The van der Waals surface area contributed by atoms with Gasteiger partial charge in [0, 0.05) is 11.7 Å². The van der Waals surface area contributed by atoms with Crippen molar-refractivity contribution < 1.29 is 8.42 Å². The van der Waals surface area contributed by atoms with Gasteiger partial charge in [-0.25, -0.2) is 8.42 Å². The Bertz CT molecular complexity index is 928. The molecule has 1 fully saturated rings. The predicted octanol–water partition coefficient (Wildman–Crippen LogP) is 5.02. The van der Waals surface area contributed by atoms with Crippen LogP contribution in [0.3, 0.4) is 0 Å². The maximum atomic E-state index is 12.5. The molecule has 0 aliphatic heterocycles. The van der Waals surface area contributed by atoms with Crippen LogP contribution in [0.4, 0.5) is 11.4 Å². The molecule has 0 heterocycles. The molecule has 0 spiro atoms. The first-order chi connectivity index (χ1) is 12.8. The van der Waals surface area contributed by atoms with Crippen LogP contribution < -0.4 is 15.4 Å². The van der Waals surface area contributed by atoms with E-state index >= 15 is 0 Å². The SMILES string of the molecule is O=S(=O)(Nc1ccc(Cl)c(Cl)c1)c1ccc(NC(=S)NC2CCCC2)cc1. The van der Waals surface area contributed by atoms with E-state index < -0.39 is 10.0 Å². The van der Waals surface area contributed by atoms with Crippen LogP contribution >= 0.6 is 35.4 Å². The second-order valence-electron chi connectivity index (χ2n) is 6.34. The molecule has 0 atom stereocenters. The highest BCUT2D eigenvalue weighted by molar-refractivity contribution is 7.92. The van der Waals surface area contributed by atoms with Crippen molar-refractivity contribution in [2.75, 3.05) is 10.0 Å². The normalized spacial score (nSPS) is 14.7. The summed E-state index contributed by atoms with van der Waals surface area (Å²) >= 11 is 17.1. The summed E-state index contributed by atoms with van der Waals surface area (Å²) in [4.78, 5) is 0.133. The van der Waals surface area contributed by atoms with E-state index in [4.69, 9.17) is 35.4 Å². The lowest BCUT2D eigenvalue weighted by Crippen LogP contribution is -2.35. The fraction of sp³-hybridized carbons (Fsp3) is 0.278. The summed E-state index contributed by atoms with van der Waals surface area (Å²) in [6.45, 7) is 0. The van der Waals surface area contributed by atoms with E-state index in [2.05, 4.69) is 15.4 Å². The third-order valence-electron chi connectivity index (χ3n) is 4.28. The van der Waals surface area contributed by atoms with Gasteiger partial charge in [0.2, 0.25) is 0 Å². The van der Waals surface area contributed by atoms with Gasteiger partial charge in [0.1, 0.15) is 0 Å². The molecule has 2 aromatic carbocycles. The van der Waals surface area contributed by atoms with Crippen LogP contribution in [0.1, 0.15) is 25.7 Å². The van der Waals surface area contributed by atoms with Crippen LogP contribution in [0, 0.1) is 0 Å². The van der Waals surface area contributed by atoms with Crippen molar-refractivity contribution in [2.24, 2.45) is 0 Å². The molecule has 0 radical (unpaired) electrons. The number of hydrogen-bond acceptors (Lipinski definition) is 3. The van der Waals surface area contributed by atoms with Gasteiger partial charge in [0.25, 0.3) is 10.0 Å². The molecule has 9 heteroatoms. The molecule has 27 heavy (non-hydrogen) atoms. The van der Waals surface area contributed by atoms with E-state index in [-0.39, 0.29) is 9.92 Å². The van der Waals surface area contributed by atoms with Gasteiger partial charge in [0.15, 0.2) is 5.11 Å². The van der Waals surface area contributed by atoms with E-state index in [1.807, 2.05) is 0 Å². The zero-order chi connectivity index (χ0) is 19.4. The number of benzene rings is 2. The summed E-state index contributed by atoms with van der Waals surface area (Å²) in [7, 11) is -3.73. The lowest BCUT2D eigenvalue weighted by atomic mass is 10.2. The van der Waals surface area contributed by atoms with Crippen LogP contribution in [0.5, 0.6) is 0 Å². The number of thiocarbonyl (C=S) groups is 1. The van der Waals surface area contributed by atoms with E-state index in [1.54, 1.807) is 18.2 Å². The quantitative estimate of drug-likeness (QED) is 0.565. The maximum absolute atomic E-state index is 12.5. The molecule has 0 aromatic heterocycles. The number of nitrogens with one attached hydrogen (secondary N) is 3. The highest BCUT2D eigenvalue weighted by Crippen LogP contribution is 2.26. The lowest BCUT2D eigenvalue weighted by Gasteiger charge is -2.16. The van der Waals surface area contributed by atoms with Crippen molar-refractivity contribution in [3.05, 3.63) is 52.5 Å². The monoisotopic (exact) mass is 443 g/mol. The number of hydrogen-bond donors (Lipinski definition) is 3.